The summed E-state index contributed by atoms with van der Waals surface area (Å²) in [6.07, 6.45) is 5.48. The fourth-order valence-electron chi connectivity index (χ4n) is 4.74. The second-order valence-corrected chi connectivity index (χ2v) is 9.00. The largest absolute Gasteiger partial charge is 0.454 e. The summed E-state index contributed by atoms with van der Waals surface area (Å²) >= 11 is 0. The molecule has 2 aliphatic heterocycles. The number of carbonyl (C=O) groups excluding carboxylic acids is 2. The fourth-order valence-corrected chi connectivity index (χ4v) is 4.74. The molecule has 0 spiro atoms. The van der Waals surface area contributed by atoms with Gasteiger partial charge < -0.3 is 20.1 Å². The lowest BCUT2D eigenvalue weighted by Crippen LogP contribution is -2.63. The predicted molar refractivity (Wildman–Crippen MR) is 125 cm³/mol. The molecule has 172 valence electrons. The van der Waals surface area contributed by atoms with E-state index in [-0.39, 0.29) is 24.4 Å². The minimum absolute atomic E-state index is 0.00562. The lowest BCUT2D eigenvalue weighted by molar-refractivity contribution is -0.122. The van der Waals surface area contributed by atoms with Crippen LogP contribution in [0.3, 0.4) is 0 Å². The average Bonchev–Trinajstić information content (AvgIpc) is 3.28. The number of likely N-dealkylation sites (tertiary alicyclic amines) is 1. The number of ether oxygens (including phenoxy) is 2. The third kappa shape index (κ3) is 4.88. The van der Waals surface area contributed by atoms with E-state index >= 15 is 0 Å². The van der Waals surface area contributed by atoms with Crippen molar-refractivity contribution in [2.24, 2.45) is 0 Å². The van der Waals surface area contributed by atoms with Crippen molar-refractivity contribution in [1.82, 2.24) is 15.5 Å². The maximum Gasteiger partial charge on any atom is 0.251 e. The van der Waals surface area contributed by atoms with Crippen molar-refractivity contribution in [3.05, 3.63) is 65.2 Å². The predicted octanol–water partition coefficient (Wildman–Crippen LogP) is 2.89. The van der Waals surface area contributed by atoms with Gasteiger partial charge in [-0.25, -0.2) is 0 Å². The molecule has 1 aliphatic carbocycles. The van der Waals surface area contributed by atoms with Gasteiger partial charge in [-0.1, -0.05) is 29.8 Å². The van der Waals surface area contributed by atoms with Crippen LogP contribution < -0.4 is 20.1 Å². The van der Waals surface area contributed by atoms with E-state index in [9.17, 15) is 9.59 Å². The Hall–Kier alpha value is -3.32. The second-order valence-electron chi connectivity index (χ2n) is 9.00. The first-order valence-corrected chi connectivity index (χ1v) is 11.5. The van der Waals surface area contributed by atoms with Crippen molar-refractivity contribution < 1.29 is 19.1 Å². The SMILES string of the molecule is Cc1cccc(C(=O)NCC(=O)NC2CN(C3CC=C(c4ccc5c(c4)OCO5)CC3)C2)c1. The summed E-state index contributed by atoms with van der Waals surface area (Å²) in [7, 11) is 0. The molecular formula is C26H29N3O4. The fraction of sp³-hybridized carbons (Fsp3) is 0.385. The third-order valence-electron chi connectivity index (χ3n) is 6.61. The number of carbonyl (C=O) groups is 2. The number of aryl methyl sites for hydroxylation is 1. The van der Waals surface area contributed by atoms with Gasteiger partial charge in [0.15, 0.2) is 11.5 Å². The van der Waals surface area contributed by atoms with E-state index in [0.29, 0.717) is 18.4 Å². The maximum atomic E-state index is 12.2. The van der Waals surface area contributed by atoms with E-state index in [1.807, 2.05) is 31.2 Å². The molecule has 2 aromatic carbocycles. The molecule has 7 heteroatoms. The number of amides is 2. The maximum absolute atomic E-state index is 12.2. The van der Waals surface area contributed by atoms with Crippen LogP contribution in [0.25, 0.3) is 5.57 Å². The summed E-state index contributed by atoms with van der Waals surface area (Å²) < 4.78 is 10.9. The van der Waals surface area contributed by atoms with Gasteiger partial charge in [0.05, 0.1) is 12.6 Å². The van der Waals surface area contributed by atoms with Gasteiger partial charge in [0.25, 0.3) is 5.91 Å². The van der Waals surface area contributed by atoms with Gasteiger partial charge in [0.2, 0.25) is 12.7 Å². The zero-order chi connectivity index (χ0) is 22.8. The van der Waals surface area contributed by atoms with Crippen LogP contribution in [0, 0.1) is 6.92 Å². The topological polar surface area (TPSA) is 79.9 Å². The van der Waals surface area contributed by atoms with Crippen LogP contribution in [0.4, 0.5) is 0 Å². The van der Waals surface area contributed by atoms with Gasteiger partial charge >= 0.3 is 0 Å². The zero-order valence-electron chi connectivity index (χ0n) is 18.8. The van der Waals surface area contributed by atoms with Crippen LogP contribution >= 0.6 is 0 Å². The van der Waals surface area contributed by atoms with Crippen LogP contribution in [-0.2, 0) is 4.79 Å². The Morgan fingerprint density at radius 3 is 2.73 bits per heavy atom. The molecule has 3 aliphatic rings. The molecule has 0 radical (unpaired) electrons. The van der Waals surface area contributed by atoms with Gasteiger partial charge in [0.1, 0.15) is 0 Å². The number of hydrogen-bond acceptors (Lipinski definition) is 5. The quantitative estimate of drug-likeness (QED) is 0.712. The zero-order valence-corrected chi connectivity index (χ0v) is 18.8. The van der Waals surface area contributed by atoms with E-state index < -0.39 is 0 Å². The van der Waals surface area contributed by atoms with E-state index in [4.69, 9.17) is 9.47 Å². The number of benzene rings is 2. The second kappa shape index (κ2) is 9.27. The number of hydrogen-bond donors (Lipinski definition) is 2. The Morgan fingerprint density at radius 1 is 1.09 bits per heavy atom. The molecule has 1 atom stereocenters. The summed E-state index contributed by atoms with van der Waals surface area (Å²) in [5, 5.41) is 5.73. The summed E-state index contributed by atoms with van der Waals surface area (Å²) in [6.45, 7) is 3.94. The molecule has 2 N–H and O–H groups in total. The summed E-state index contributed by atoms with van der Waals surface area (Å²) in [4.78, 5) is 26.9. The molecule has 33 heavy (non-hydrogen) atoms. The van der Waals surface area contributed by atoms with Crippen molar-refractivity contribution in [3.8, 4) is 11.5 Å². The number of nitrogens with one attached hydrogen (secondary N) is 2. The summed E-state index contributed by atoms with van der Waals surface area (Å²) in [5.74, 6) is 1.27. The summed E-state index contributed by atoms with van der Waals surface area (Å²) in [6, 6.07) is 14.2. The lowest BCUT2D eigenvalue weighted by atomic mass is 9.88. The minimum atomic E-state index is -0.226. The number of allylic oxidation sites excluding steroid dienone is 1. The lowest BCUT2D eigenvalue weighted by Gasteiger charge is -2.45. The third-order valence-corrected chi connectivity index (χ3v) is 6.61. The molecule has 1 unspecified atom stereocenters. The Balaban J connectivity index is 1.04. The first-order valence-electron chi connectivity index (χ1n) is 11.5. The molecule has 7 nitrogen and oxygen atoms in total. The van der Waals surface area contributed by atoms with Gasteiger partial charge in [0, 0.05) is 24.7 Å². The minimum Gasteiger partial charge on any atom is -0.454 e. The molecule has 1 fully saturated rings. The van der Waals surface area contributed by atoms with Crippen LogP contribution in [-0.4, -0.2) is 55.2 Å². The van der Waals surface area contributed by atoms with Crippen molar-refractivity contribution in [1.29, 1.82) is 0 Å². The number of nitrogens with zero attached hydrogens (tertiary/aromatic N) is 1. The van der Waals surface area contributed by atoms with E-state index in [2.05, 4.69) is 33.7 Å². The van der Waals surface area contributed by atoms with Crippen molar-refractivity contribution in [2.75, 3.05) is 26.4 Å². The summed E-state index contributed by atoms with van der Waals surface area (Å²) in [5.41, 5.74) is 4.16. The van der Waals surface area contributed by atoms with Crippen molar-refractivity contribution in [3.63, 3.8) is 0 Å². The van der Waals surface area contributed by atoms with Gasteiger partial charge in [-0.2, -0.15) is 0 Å². The normalized spacial score (nSPS) is 20.0. The van der Waals surface area contributed by atoms with Crippen LogP contribution in [0.2, 0.25) is 0 Å². The standard InChI is InChI=1S/C26H29N3O4/c1-17-3-2-4-20(11-17)26(31)27-13-25(30)28-21-14-29(15-21)22-8-5-18(6-9-22)19-7-10-23-24(12-19)33-16-32-23/h2-5,7,10-12,21-22H,6,8-9,13-16H2,1H3,(H,27,31)(H,28,30). The first kappa shape index (κ1) is 21.5. The van der Waals surface area contributed by atoms with Crippen molar-refractivity contribution in [2.45, 2.75) is 38.3 Å². The molecule has 0 saturated carbocycles. The van der Waals surface area contributed by atoms with E-state index in [1.54, 1.807) is 6.07 Å². The van der Waals surface area contributed by atoms with E-state index in [1.165, 1.54) is 11.1 Å². The van der Waals surface area contributed by atoms with Crippen LogP contribution in [0.5, 0.6) is 11.5 Å². The highest BCUT2D eigenvalue weighted by Crippen LogP contribution is 2.37. The molecule has 0 bridgehead atoms. The Kier molecular flexibility index (Phi) is 6.05. The smallest absolute Gasteiger partial charge is 0.251 e. The van der Waals surface area contributed by atoms with Crippen LogP contribution in [0.15, 0.2) is 48.5 Å². The molecule has 0 aromatic heterocycles. The van der Waals surface area contributed by atoms with Crippen LogP contribution in [0.1, 0.15) is 40.7 Å². The highest BCUT2D eigenvalue weighted by molar-refractivity contribution is 5.96. The molecule has 5 rings (SSSR count). The monoisotopic (exact) mass is 447 g/mol. The Bertz CT molecular complexity index is 1090. The highest BCUT2D eigenvalue weighted by atomic mass is 16.7. The first-order chi connectivity index (χ1) is 16.0. The van der Waals surface area contributed by atoms with Gasteiger partial charge in [-0.15, -0.1) is 0 Å². The van der Waals surface area contributed by atoms with Gasteiger partial charge in [-0.3, -0.25) is 14.5 Å². The number of rotatable bonds is 6. The van der Waals surface area contributed by atoms with Crippen molar-refractivity contribution >= 4 is 17.4 Å². The molecule has 1 saturated heterocycles. The number of fused-ring (bicyclic) bond motifs is 1. The Morgan fingerprint density at radius 2 is 1.94 bits per heavy atom. The molecule has 2 amide bonds. The van der Waals surface area contributed by atoms with Gasteiger partial charge in [-0.05, 0) is 61.6 Å². The molecule has 2 heterocycles. The molecular weight excluding hydrogens is 418 g/mol. The average molecular weight is 448 g/mol. The Labute approximate surface area is 193 Å². The molecule has 2 aromatic rings. The van der Waals surface area contributed by atoms with E-state index in [0.717, 1.165) is 49.4 Å². The highest BCUT2D eigenvalue weighted by Gasteiger charge is 2.34.